The van der Waals surface area contributed by atoms with E-state index in [1.165, 1.54) is 5.56 Å². The molecule has 2 heteroatoms. The number of benzene rings is 1. The lowest BCUT2D eigenvalue weighted by molar-refractivity contribution is -0.119. The Morgan fingerprint density at radius 1 is 1.27 bits per heavy atom. The lowest BCUT2D eigenvalue weighted by Crippen LogP contribution is -2.28. The molecule has 2 atom stereocenters. The molecule has 2 aliphatic rings. The predicted octanol–water partition coefficient (Wildman–Crippen LogP) is 2.48. The second-order valence-electron chi connectivity index (χ2n) is 4.17. The summed E-state index contributed by atoms with van der Waals surface area (Å²) in [4.78, 5) is 11.9. The SMILES string of the molecule is O=C1CCC=CC2c3ccccc3NC12. The zero-order valence-electron chi connectivity index (χ0n) is 8.44. The second kappa shape index (κ2) is 3.23. The summed E-state index contributed by atoms with van der Waals surface area (Å²) >= 11 is 0. The summed E-state index contributed by atoms with van der Waals surface area (Å²) in [5.74, 6) is 0.581. The first-order valence-electron chi connectivity index (χ1n) is 5.41. The number of carbonyl (C=O) groups is 1. The molecule has 76 valence electrons. The highest BCUT2D eigenvalue weighted by atomic mass is 16.1. The summed E-state index contributed by atoms with van der Waals surface area (Å²) in [5, 5.41) is 3.33. The third-order valence-electron chi connectivity index (χ3n) is 3.24. The molecule has 0 saturated heterocycles. The van der Waals surface area contributed by atoms with E-state index in [0.29, 0.717) is 12.2 Å². The molecule has 0 aromatic heterocycles. The average molecular weight is 199 g/mol. The standard InChI is InChI=1S/C13H13NO/c15-12-8-4-2-6-10-9-5-1-3-7-11(9)14-13(10)12/h1-3,5-7,10,13-14H,4,8H2. The molecule has 2 nitrogen and oxygen atoms in total. The normalized spacial score (nSPS) is 27.9. The lowest BCUT2D eigenvalue weighted by atomic mass is 9.93. The van der Waals surface area contributed by atoms with Crippen LogP contribution in [-0.4, -0.2) is 11.8 Å². The van der Waals surface area contributed by atoms with Gasteiger partial charge in [0.05, 0.1) is 6.04 Å². The van der Waals surface area contributed by atoms with Crippen LogP contribution in [0, 0.1) is 0 Å². The van der Waals surface area contributed by atoms with E-state index in [1.807, 2.05) is 18.2 Å². The van der Waals surface area contributed by atoms with Crippen molar-refractivity contribution in [3.8, 4) is 0 Å². The van der Waals surface area contributed by atoms with Crippen molar-refractivity contribution >= 4 is 11.5 Å². The molecule has 1 aliphatic carbocycles. The van der Waals surface area contributed by atoms with Crippen molar-refractivity contribution in [2.24, 2.45) is 0 Å². The van der Waals surface area contributed by atoms with E-state index in [0.717, 1.165) is 12.1 Å². The van der Waals surface area contributed by atoms with E-state index >= 15 is 0 Å². The van der Waals surface area contributed by atoms with Crippen molar-refractivity contribution < 1.29 is 4.79 Å². The van der Waals surface area contributed by atoms with E-state index in [-0.39, 0.29) is 12.0 Å². The van der Waals surface area contributed by atoms with Gasteiger partial charge in [-0.2, -0.15) is 0 Å². The Morgan fingerprint density at radius 3 is 3.07 bits per heavy atom. The first-order chi connectivity index (χ1) is 7.36. The fourth-order valence-corrected chi connectivity index (χ4v) is 2.48. The number of nitrogens with one attached hydrogen (secondary N) is 1. The molecule has 0 spiro atoms. The highest BCUT2D eigenvalue weighted by Crippen LogP contribution is 2.38. The van der Waals surface area contributed by atoms with Gasteiger partial charge in [-0.05, 0) is 18.1 Å². The number of carbonyl (C=O) groups excluding carboxylic acids is 1. The fourth-order valence-electron chi connectivity index (χ4n) is 2.48. The maximum absolute atomic E-state index is 11.9. The largest absolute Gasteiger partial charge is 0.374 e. The minimum Gasteiger partial charge on any atom is -0.374 e. The number of hydrogen-bond donors (Lipinski definition) is 1. The molecule has 15 heavy (non-hydrogen) atoms. The van der Waals surface area contributed by atoms with E-state index in [9.17, 15) is 4.79 Å². The molecule has 0 amide bonds. The molecule has 2 unspecified atom stereocenters. The van der Waals surface area contributed by atoms with Gasteiger partial charge in [0.25, 0.3) is 0 Å². The third-order valence-corrected chi connectivity index (χ3v) is 3.24. The summed E-state index contributed by atoms with van der Waals surface area (Å²) in [7, 11) is 0. The van der Waals surface area contributed by atoms with Crippen LogP contribution in [0.1, 0.15) is 24.3 Å². The van der Waals surface area contributed by atoms with Gasteiger partial charge in [0.2, 0.25) is 0 Å². The van der Waals surface area contributed by atoms with Crippen LogP contribution >= 0.6 is 0 Å². The molecule has 1 heterocycles. The number of allylic oxidation sites excluding steroid dienone is 1. The second-order valence-corrected chi connectivity index (χ2v) is 4.17. The zero-order valence-corrected chi connectivity index (χ0v) is 8.44. The van der Waals surface area contributed by atoms with Crippen molar-refractivity contribution in [2.45, 2.75) is 24.8 Å². The molecular weight excluding hydrogens is 186 g/mol. The first kappa shape index (κ1) is 8.72. The van der Waals surface area contributed by atoms with Crippen LogP contribution in [0.5, 0.6) is 0 Å². The minimum absolute atomic E-state index is 0.0267. The van der Waals surface area contributed by atoms with E-state index in [4.69, 9.17) is 0 Å². The number of ketones is 1. The van der Waals surface area contributed by atoms with Gasteiger partial charge in [-0.3, -0.25) is 4.79 Å². The van der Waals surface area contributed by atoms with Crippen LogP contribution in [-0.2, 0) is 4.79 Å². The van der Waals surface area contributed by atoms with E-state index < -0.39 is 0 Å². The molecule has 0 fully saturated rings. The van der Waals surface area contributed by atoms with Gasteiger partial charge in [-0.15, -0.1) is 0 Å². The van der Waals surface area contributed by atoms with Crippen LogP contribution in [0.25, 0.3) is 0 Å². The molecule has 1 N–H and O–H groups in total. The van der Waals surface area contributed by atoms with Crippen molar-refractivity contribution in [3.63, 3.8) is 0 Å². The number of hydrogen-bond acceptors (Lipinski definition) is 2. The van der Waals surface area contributed by atoms with Crippen LogP contribution in [0.3, 0.4) is 0 Å². The highest BCUT2D eigenvalue weighted by Gasteiger charge is 2.35. The Bertz CT molecular complexity index is 436. The van der Waals surface area contributed by atoms with Crippen molar-refractivity contribution in [1.29, 1.82) is 0 Å². The van der Waals surface area contributed by atoms with Crippen LogP contribution in [0.2, 0.25) is 0 Å². The number of rotatable bonds is 0. The van der Waals surface area contributed by atoms with Gasteiger partial charge in [0.1, 0.15) is 0 Å². The first-order valence-corrected chi connectivity index (χ1v) is 5.41. The summed E-state index contributed by atoms with van der Waals surface area (Å²) < 4.78 is 0. The Labute approximate surface area is 89.0 Å². The predicted molar refractivity (Wildman–Crippen MR) is 60.0 cm³/mol. The number of anilines is 1. The summed E-state index contributed by atoms with van der Waals surface area (Å²) in [5.41, 5.74) is 2.38. The topological polar surface area (TPSA) is 29.1 Å². The van der Waals surface area contributed by atoms with Crippen LogP contribution in [0.4, 0.5) is 5.69 Å². The summed E-state index contributed by atoms with van der Waals surface area (Å²) in [6.45, 7) is 0. The van der Waals surface area contributed by atoms with Crippen molar-refractivity contribution in [3.05, 3.63) is 42.0 Å². The Kier molecular flexibility index (Phi) is 1.88. The molecule has 1 aromatic carbocycles. The molecule has 0 saturated carbocycles. The smallest absolute Gasteiger partial charge is 0.156 e. The molecule has 0 radical (unpaired) electrons. The number of fused-ring (bicyclic) bond motifs is 3. The summed E-state index contributed by atoms with van der Waals surface area (Å²) in [6.07, 6.45) is 5.86. The Balaban J connectivity index is 2.08. The van der Waals surface area contributed by atoms with Crippen molar-refractivity contribution in [1.82, 2.24) is 0 Å². The van der Waals surface area contributed by atoms with Gasteiger partial charge in [-0.25, -0.2) is 0 Å². The van der Waals surface area contributed by atoms with Crippen LogP contribution < -0.4 is 5.32 Å². The average Bonchev–Trinajstić information content (AvgIpc) is 2.54. The zero-order chi connectivity index (χ0) is 10.3. The highest BCUT2D eigenvalue weighted by molar-refractivity contribution is 5.91. The van der Waals surface area contributed by atoms with Gasteiger partial charge in [0, 0.05) is 18.0 Å². The number of Topliss-reactive ketones (excluding diaryl/α,β-unsaturated/α-hetero) is 1. The molecule has 3 rings (SSSR count). The molecule has 1 aromatic rings. The Hall–Kier alpha value is -1.57. The molecule has 0 bridgehead atoms. The fraction of sp³-hybridized carbons (Fsp3) is 0.308. The quantitative estimate of drug-likeness (QED) is 0.650. The maximum atomic E-state index is 11.9. The minimum atomic E-state index is -0.0267. The number of para-hydroxylation sites is 1. The lowest BCUT2D eigenvalue weighted by Gasteiger charge is -2.13. The van der Waals surface area contributed by atoms with E-state index in [2.05, 4.69) is 23.5 Å². The van der Waals surface area contributed by atoms with Crippen molar-refractivity contribution in [2.75, 3.05) is 5.32 Å². The third kappa shape index (κ3) is 1.29. The maximum Gasteiger partial charge on any atom is 0.156 e. The van der Waals surface area contributed by atoms with Gasteiger partial charge in [0.15, 0.2) is 5.78 Å². The Morgan fingerprint density at radius 2 is 2.13 bits per heavy atom. The van der Waals surface area contributed by atoms with E-state index in [1.54, 1.807) is 0 Å². The van der Waals surface area contributed by atoms with Gasteiger partial charge >= 0.3 is 0 Å². The molecular formula is C13H13NO. The van der Waals surface area contributed by atoms with Gasteiger partial charge < -0.3 is 5.32 Å². The van der Waals surface area contributed by atoms with Gasteiger partial charge in [-0.1, -0.05) is 30.4 Å². The monoisotopic (exact) mass is 199 g/mol. The summed E-state index contributed by atoms with van der Waals surface area (Å²) in [6, 6.07) is 8.17. The van der Waals surface area contributed by atoms with Crippen LogP contribution in [0.15, 0.2) is 36.4 Å². The molecule has 1 aliphatic heterocycles.